The van der Waals surface area contributed by atoms with E-state index in [0.717, 1.165) is 37.5 Å². The highest BCUT2D eigenvalue weighted by Crippen LogP contribution is 2.58. The summed E-state index contributed by atoms with van der Waals surface area (Å²) in [6, 6.07) is 10.9. The minimum absolute atomic E-state index is 0.400. The Balaban J connectivity index is 1.40. The summed E-state index contributed by atoms with van der Waals surface area (Å²) in [6.07, 6.45) is 15.7. The van der Waals surface area contributed by atoms with Gasteiger partial charge in [-0.15, -0.1) is 0 Å². The molecule has 1 heteroatoms. The monoisotopic (exact) mass is 366 g/mol. The van der Waals surface area contributed by atoms with Crippen LogP contribution in [0.15, 0.2) is 42.0 Å². The molecule has 27 heavy (non-hydrogen) atoms. The average molecular weight is 367 g/mol. The van der Waals surface area contributed by atoms with Gasteiger partial charge in [-0.1, -0.05) is 75.1 Å². The minimum Gasteiger partial charge on any atom is -0.390 e. The molecule has 5 rings (SSSR count). The molecule has 0 spiro atoms. The van der Waals surface area contributed by atoms with E-state index in [1.54, 1.807) is 5.57 Å². The molecular formula is C26H38O. The number of rotatable bonds is 7. The van der Waals surface area contributed by atoms with Crippen LogP contribution in [0.5, 0.6) is 0 Å². The van der Waals surface area contributed by atoms with Gasteiger partial charge in [-0.05, 0) is 80.1 Å². The van der Waals surface area contributed by atoms with E-state index in [4.69, 9.17) is 0 Å². The van der Waals surface area contributed by atoms with Crippen molar-refractivity contribution in [2.75, 3.05) is 0 Å². The molecule has 1 aromatic rings. The Morgan fingerprint density at radius 2 is 1.81 bits per heavy atom. The van der Waals surface area contributed by atoms with Crippen LogP contribution in [0, 0.1) is 23.2 Å². The van der Waals surface area contributed by atoms with Gasteiger partial charge in [0, 0.05) is 0 Å². The van der Waals surface area contributed by atoms with E-state index in [0.29, 0.717) is 11.3 Å². The second-order valence-electron chi connectivity index (χ2n) is 10.5. The zero-order chi connectivity index (χ0) is 18.9. The predicted octanol–water partition coefficient (Wildman–Crippen LogP) is 6.70. The number of aliphatic hydroxyl groups is 1. The first-order chi connectivity index (χ1) is 12.9. The van der Waals surface area contributed by atoms with Crippen molar-refractivity contribution in [1.29, 1.82) is 0 Å². The van der Waals surface area contributed by atoms with E-state index < -0.39 is 5.60 Å². The highest BCUT2D eigenvalue weighted by molar-refractivity contribution is 5.21. The molecule has 4 aliphatic carbocycles. The summed E-state index contributed by atoms with van der Waals surface area (Å²) in [5, 5.41) is 11.2. The maximum atomic E-state index is 11.2. The van der Waals surface area contributed by atoms with E-state index in [-0.39, 0.29) is 0 Å². The molecule has 1 aromatic carbocycles. The maximum Gasteiger partial charge on any atom is 0.0650 e. The molecule has 2 saturated carbocycles. The van der Waals surface area contributed by atoms with E-state index in [9.17, 15) is 5.11 Å². The summed E-state index contributed by atoms with van der Waals surface area (Å²) in [5.74, 6) is 2.33. The molecule has 0 amide bonds. The molecule has 0 radical (unpaired) electrons. The van der Waals surface area contributed by atoms with Gasteiger partial charge in [-0.25, -0.2) is 0 Å². The summed E-state index contributed by atoms with van der Waals surface area (Å²) < 4.78 is 0. The third-order valence-corrected chi connectivity index (χ3v) is 8.19. The van der Waals surface area contributed by atoms with E-state index in [2.05, 4.69) is 50.3 Å². The molecule has 3 unspecified atom stereocenters. The maximum absolute atomic E-state index is 11.2. The van der Waals surface area contributed by atoms with Gasteiger partial charge < -0.3 is 5.11 Å². The molecule has 148 valence electrons. The molecule has 0 saturated heterocycles. The van der Waals surface area contributed by atoms with Gasteiger partial charge in [0.15, 0.2) is 0 Å². The number of hydrogen-bond acceptors (Lipinski definition) is 1. The predicted molar refractivity (Wildman–Crippen MR) is 114 cm³/mol. The number of hydrogen-bond donors (Lipinski definition) is 1. The average Bonchev–Trinajstić information content (AvgIpc) is 2.67. The highest BCUT2D eigenvalue weighted by atomic mass is 16.3. The lowest BCUT2D eigenvalue weighted by Gasteiger charge is -2.55. The molecule has 4 aliphatic rings. The Bertz CT molecular complexity index is 650. The SMILES string of the molecule is CC1(C)C2C=C(CCC(Cc3ccccc3)CC3(O)CCCCC3)CC1C2. The lowest BCUT2D eigenvalue weighted by Crippen LogP contribution is -2.46. The Kier molecular flexibility index (Phi) is 5.52. The molecule has 2 bridgehead atoms. The van der Waals surface area contributed by atoms with Gasteiger partial charge >= 0.3 is 0 Å². The Morgan fingerprint density at radius 1 is 1.07 bits per heavy atom. The quantitative estimate of drug-likeness (QED) is 0.532. The second-order valence-corrected chi connectivity index (χ2v) is 10.5. The van der Waals surface area contributed by atoms with Crippen molar-refractivity contribution in [1.82, 2.24) is 0 Å². The summed E-state index contributed by atoms with van der Waals surface area (Å²) in [6.45, 7) is 4.91. The normalized spacial score (nSPS) is 29.5. The van der Waals surface area contributed by atoms with Crippen LogP contribution in [0.2, 0.25) is 0 Å². The summed E-state index contributed by atoms with van der Waals surface area (Å²) in [7, 11) is 0. The van der Waals surface area contributed by atoms with E-state index in [1.807, 2.05) is 0 Å². The molecule has 2 fully saturated rings. The third kappa shape index (κ3) is 4.34. The number of fused-ring (bicyclic) bond motifs is 1. The van der Waals surface area contributed by atoms with Crippen LogP contribution in [0.4, 0.5) is 0 Å². The highest BCUT2D eigenvalue weighted by Gasteiger charge is 2.49. The fraction of sp³-hybridized carbons (Fsp3) is 0.692. The first-order valence-corrected chi connectivity index (χ1v) is 11.4. The summed E-state index contributed by atoms with van der Waals surface area (Å²) in [5.41, 5.74) is 3.29. The van der Waals surface area contributed by atoms with Crippen LogP contribution < -0.4 is 0 Å². The zero-order valence-corrected chi connectivity index (χ0v) is 17.4. The third-order valence-electron chi connectivity index (χ3n) is 8.19. The Labute approximate surface area is 166 Å². The smallest absolute Gasteiger partial charge is 0.0650 e. The van der Waals surface area contributed by atoms with Crippen molar-refractivity contribution < 1.29 is 5.11 Å². The molecular weight excluding hydrogens is 328 g/mol. The first-order valence-electron chi connectivity index (χ1n) is 11.4. The van der Waals surface area contributed by atoms with Crippen molar-refractivity contribution in [3.8, 4) is 0 Å². The number of benzene rings is 1. The molecule has 3 atom stereocenters. The molecule has 0 heterocycles. The van der Waals surface area contributed by atoms with E-state index in [1.165, 1.54) is 50.5 Å². The Hall–Kier alpha value is -1.08. The fourth-order valence-corrected chi connectivity index (χ4v) is 6.10. The van der Waals surface area contributed by atoms with Gasteiger partial charge in [0.25, 0.3) is 0 Å². The van der Waals surface area contributed by atoms with Crippen LogP contribution in [-0.2, 0) is 6.42 Å². The van der Waals surface area contributed by atoms with Gasteiger partial charge in [-0.2, -0.15) is 0 Å². The van der Waals surface area contributed by atoms with Crippen molar-refractivity contribution in [3.63, 3.8) is 0 Å². The van der Waals surface area contributed by atoms with Crippen LogP contribution in [0.25, 0.3) is 0 Å². The Morgan fingerprint density at radius 3 is 2.44 bits per heavy atom. The fourth-order valence-electron chi connectivity index (χ4n) is 6.10. The van der Waals surface area contributed by atoms with Crippen LogP contribution >= 0.6 is 0 Å². The second kappa shape index (κ2) is 7.74. The largest absolute Gasteiger partial charge is 0.390 e. The molecule has 0 aliphatic heterocycles. The van der Waals surface area contributed by atoms with Crippen LogP contribution in [-0.4, -0.2) is 10.7 Å². The summed E-state index contributed by atoms with van der Waals surface area (Å²) in [4.78, 5) is 0. The van der Waals surface area contributed by atoms with Crippen LogP contribution in [0.3, 0.4) is 0 Å². The van der Waals surface area contributed by atoms with Crippen molar-refractivity contribution in [3.05, 3.63) is 47.5 Å². The van der Waals surface area contributed by atoms with Gasteiger partial charge in [0.2, 0.25) is 0 Å². The summed E-state index contributed by atoms with van der Waals surface area (Å²) >= 11 is 0. The zero-order valence-electron chi connectivity index (χ0n) is 17.4. The first kappa shape index (κ1) is 19.2. The lowest BCUT2D eigenvalue weighted by molar-refractivity contribution is -0.0193. The minimum atomic E-state index is -0.400. The van der Waals surface area contributed by atoms with E-state index >= 15 is 0 Å². The standard InChI is InChI=1S/C26H38O/c1-25(2)23-16-21(17-24(25)18-23)11-12-22(15-20-9-5-3-6-10-20)19-26(27)13-7-4-8-14-26/h3,5-6,9-10,16,22-24,27H,4,7-8,11-15,17-19H2,1-2H3. The van der Waals surface area contributed by atoms with Crippen molar-refractivity contribution in [2.24, 2.45) is 23.2 Å². The van der Waals surface area contributed by atoms with Crippen molar-refractivity contribution in [2.45, 2.75) is 90.1 Å². The van der Waals surface area contributed by atoms with Gasteiger partial charge in [-0.3, -0.25) is 0 Å². The number of allylic oxidation sites excluding steroid dienone is 2. The molecule has 1 N–H and O–H groups in total. The molecule has 0 aromatic heterocycles. The topological polar surface area (TPSA) is 20.2 Å². The van der Waals surface area contributed by atoms with Gasteiger partial charge in [0.05, 0.1) is 5.60 Å². The lowest BCUT2D eigenvalue weighted by atomic mass is 9.50. The van der Waals surface area contributed by atoms with Gasteiger partial charge in [0.1, 0.15) is 0 Å². The van der Waals surface area contributed by atoms with Crippen molar-refractivity contribution >= 4 is 0 Å². The molecule has 1 nitrogen and oxygen atoms in total. The van der Waals surface area contributed by atoms with Crippen LogP contribution in [0.1, 0.15) is 83.6 Å².